The number of anilines is 2. The first-order valence-electron chi connectivity index (χ1n) is 6.28. The summed E-state index contributed by atoms with van der Waals surface area (Å²) in [5.41, 5.74) is 7.02. The van der Waals surface area contributed by atoms with Crippen molar-refractivity contribution in [1.29, 1.82) is 0 Å². The van der Waals surface area contributed by atoms with Crippen LogP contribution in [0.1, 0.15) is 6.42 Å². The number of halogens is 2. The van der Waals surface area contributed by atoms with E-state index in [4.69, 9.17) is 10.5 Å². The lowest BCUT2D eigenvalue weighted by atomic mass is 10.3. The van der Waals surface area contributed by atoms with Crippen molar-refractivity contribution in [3.8, 4) is 5.75 Å². The maximum atomic E-state index is 11.9. The predicted molar refractivity (Wildman–Crippen MR) is 91.4 cm³/mol. The number of amides is 1. The van der Waals surface area contributed by atoms with Crippen LogP contribution in [0.4, 0.5) is 11.4 Å². The fraction of sp³-hybridized carbons (Fsp3) is 0.133. The number of nitrogens with one attached hydrogen (secondary N) is 1. The summed E-state index contributed by atoms with van der Waals surface area (Å²) in [7, 11) is 0. The van der Waals surface area contributed by atoms with Gasteiger partial charge in [-0.1, -0.05) is 22.0 Å². The third kappa shape index (κ3) is 5.06. The van der Waals surface area contributed by atoms with Gasteiger partial charge < -0.3 is 15.8 Å². The molecule has 1 amide bonds. The number of ether oxygens (including phenoxy) is 1. The van der Waals surface area contributed by atoms with Gasteiger partial charge in [-0.15, -0.1) is 0 Å². The minimum absolute atomic E-state index is 0.109. The van der Waals surface area contributed by atoms with E-state index >= 15 is 0 Å². The maximum absolute atomic E-state index is 11.9. The molecule has 0 fully saturated rings. The molecule has 0 unspecified atom stereocenters. The van der Waals surface area contributed by atoms with Crippen molar-refractivity contribution in [3.05, 3.63) is 51.4 Å². The van der Waals surface area contributed by atoms with Crippen LogP contribution in [0.2, 0.25) is 0 Å². The van der Waals surface area contributed by atoms with Crippen molar-refractivity contribution >= 4 is 49.1 Å². The van der Waals surface area contributed by atoms with Gasteiger partial charge in [0.05, 0.1) is 18.7 Å². The summed E-state index contributed by atoms with van der Waals surface area (Å²) in [6, 6.07) is 12.7. The van der Waals surface area contributed by atoms with Crippen molar-refractivity contribution in [2.75, 3.05) is 17.7 Å². The zero-order chi connectivity index (χ0) is 15.2. The Balaban J connectivity index is 1.82. The molecule has 6 heteroatoms. The summed E-state index contributed by atoms with van der Waals surface area (Å²) in [6.45, 7) is 0.295. The molecule has 0 atom stereocenters. The van der Waals surface area contributed by atoms with E-state index in [2.05, 4.69) is 37.2 Å². The highest BCUT2D eigenvalue weighted by Gasteiger charge is 2.06. The Bertz CT molecular complexity index is 647. The Hall–Kier alpha value is -1.53. The lowest BCUT2D eigenvalue weighted by Gasteiger charge is -2.09. The largest absolute Gasteiger partial charge is 0.493 e. The van der Waals surface area contributed by atoms with Gasteiger partial charge in [0, 0.05) is 20.7 Å². The Morgan fingerprint density at radius 2 is 2.00 bits per heavy atom. The van der Waals surface area contributed by atoms with E-state index < -0.39 is 0 Å². The zero-order valence-corrected chi connectivity index (χ0v) is 14.3. The van der Waals surface area contributed by atoms with Gasteiger partial charge in [0.25, 0.3) is 0 Å². The second-order valence-electron chi connectivity index (χ2n) is 4.34. The van der Waals surface area contributed by atoms with Crippen LogP contribution in [0.3, 0.4) is 0 Å². The van der Waals surface area contributed by atoms with Crippen LogP contribution in [0.5, 0.6) is 5.75 Å². The molecule has 4 nitrogen and oxygen atoms in total. The lowest BCUT2D eigenvalue weighted by Crippen LogP contribution is -2.15. The summed E-state index contributed by atoms with van der Waals surface area (Å²) in [6.07, 6.45) is 0.261. The van der Waals surface area contributed by atoms with Crippen LogP contribution in [0.25, 0.3) is 0 Å². The van der Waals surface area contributed by atoms with Gasteiger partial charge in [0.1, 0.15) is 5.75 Å². The number of hydrogen-bond donors (Lipinski definition) is 2. The molecule has 0 bridgehead atoms. The third-order valence-corrected chi connectivity index (χ3v) is 3.81. The monoisotopic (exact) mass is 412 g/mol. The first-order valence-corrected chi connectivity index (χ1v) is 7.86. The summed E-state index contributed by atoms with van der Waals surface area (Å²) in [4.78, 5) is 11.9. The Morgan fingerprint density at radius 3 is 2.71 bits per heavy atom. The number of nitrogens with two attached hydrogens (primary N) is 1. The van der Waals surface area contributed by atoms with Crippen LogP contribution < -0.4 is 15.8 Å². The molecule has 2 aromatic carbocycles. The molecule has 0 aromatic heterocycles. The molecular formula is C15H14Br2N2O2. The maximum Gasteiger partial charge on any atom is 0.227 e. The molecule has 110 valence electrons. The highest BCUT2D eigenvalue weighted by atomic mass is 79.9. The topological polar surface area (TPSA) is 64.3 Å². The molecule has 0 aliphatic heterocycles. The van der Waals surface area contributed by atoms with Gasteiger partial charge in [-0.2, -0.15) is 0 Å². The van der Waals surface area contributed by atoms with Crippen LogP contribution in [0.15, 0.2) is 51.4 Å². The van der Waals surface area contributed by atoms with Gasteiger partial charge >= 0.3 is 0 Å². The van der Waals surface area contributed by atoms with Crippen molar-refractivity contribution in [3.63, 3.8) is 0 Å². The summed E-state index contributed by atoms with van der Waals surface area (Å²) in [5, 5.41) is 2.82. The van der Waals surface area contributed by atoms with Gasteiger partial charge in [0.2, 0.25) is 5.91 Å². The number of hydrogen-bond acceptors (Lipinski definition) is 3. The van der Waals surface area contributed by atoms with E-state index in [0.717, 1.165) is 14.6 Å². The van der Waals surface area contributed by atoms with Gasteiger partial charge in [-0.05, 0) is 46.3 Å². The first kappa shape index (κ1) is 15.9. The van der Waals surface area contributed by atoms with E-state index in [0.29, 0.717) is 18.0 Å². The van der Waals surface area contributed by atoms with Crippen LogP contribution in [-0.2, 0) is 4.79 Å². The second-order valence-corrected chi connectivity index (χ2v) is 6.11. The smallest absolute Gasteiger partial charge is 0.227 e. The zero-order valence-electron chi connectivity index (χ0n) is 11.1. The predicted octanol–water partition coefficient (Wildman–Crippen LogP) is 4.20. The molecular weight excluding hydrogens is 400 g/mol. The quantitative estimate of drug-likeness (QED) is 0.722. The van der Waals surface area contributed by atoms with Crippen LogP contribution >= 0.6 is 31.9 Å². The summed E-state index contributed by atoms with van der Waals surface area (Å²) < 4.78 is 7.25. The molecule has 0 radical (unpaired) electrons. The summed E-state index contributed by atoms with van der Waals surface area (Å²) >= 11 is 6.76. The van der Waals surface area contributed by atoms with Crippen molar-refractivity contribution in [1.82, 2.24) is 0 Å². The number of carbonyl (C=O) groups is 1. The second kappa shape index (κ2) is 7.47. The molecule has 21 heavy (non-hydrogen) atoms. The molecule has 0 spiro atoms. The van der Waals surface area contributed by atoms with Gasteiger partial charge in [0.15, 0.2) is 0 Å². The van der Waals surface area contributed by atoms with E-state index in [1.165, 1.54) is 0 Å². The van der Waals surface area contributed by atoms with Gasteiger partial charge in [-0.3, -0.25) is 4.79 Å². The van der Waals surface area contributed by atoms with Crippen LogP contribution in [0, 0.1) is 0 Å². The normalized spacial score (nSPS) is 10.2. The van der Waals surface area contributed by atoms with Crippen LogP contribution in [-0.4, -0.2) is 12.5 Å². The molecule has 0 saturated heterocycles. The fourth-order valence-electron chi connectivity index (χ4n) is 1.67. The molecule has 2 rings (SSSR count). The molecule has 0 heterocycles. The highest BCUT2D eigenvalue weighted by molar-refractivity contribution is 9.11. The summed E-state index contributed by atoms with van der Waals surface area (Å²) in [5.74, 6) is 0.551. The minimum Gasteiger partial charge on any atom is -0.493 e. The number of carbonyl (C=O) groups excluding carboxylic acids is 1. The SMILES string of the molecule is Nc1cccc(OCCC(=O)Nc2ccc(Br)cc2Br)c1. The Kier molecular flexibility index (Phi) is 5.64. The van der Waals surface area contributed by atoms with E-state index in [-0.39, 0.29) is 12.3 Å². The number of rotatable bonds is 5. The van der Waals surface area contributed by atoms with E-state index in [1.54, 1.807) is 18.2 Å². The van der Waals surface area contributed by atoms with Crippen molar-refractivity contribution < 1.29 is 9.53 Å². The van der Waals surface area contributed by atoms with Crippen molar-refractivity contribution in [2.45, 2.75) is 6.42 Å². The lowest BCUT2D eigenvalue weighted by molar-refractivity contribution is -0.116. The van der Waals surface area contributed by atoms with E-state index in [9.17, 15) is 4.79 Å². The average Bonchev–Trinajstić information content (AvgIpc) is 2.42. The molecule has 0 saturated carbocycles. The third-order valence-electron chi connectivity index (χ3n) is 2.66. The standard InChI is InChI=1S/C15H14Br2N2O2/c16-10-4-5-14(13(17)8-10)19-15(20)6-7-21-12-3-1-2-11(18)9-12/h1-5,8-9H,6-7,18H2,(H,19,20). The minimum atomic E-state index is -0.109. The number of benzene rings is 2. The Labute approximate surface area is 139 Å². The van der Waals surface area contributed by atoms with E-state index in [1.807, 2.05) is 24.3 Å². The molecule has 0 aliphatic carbocycles. The van der Waals surface area contributed by atoms with Gasteiger partial charge in [-0.25, -0.2) is 0 Å². The number of nitrogen functional groups attached to an aromatic ring is 1. The molecule has 3 N–H and O–H groups in total. The highest BCUT2D eigenvalue weighted by Crippen LogP contribution is 2.26. The Morgan fingerprint density at radius 1 is 1.19 bits per heavy atom. The first-order chi connectivity index (χ1) is 10.0. The molecule has 0 aliphatic rings. The fourth-order valence-corrected chi connectivity index (χ4v) is 2.82. The molecule has 2 aromatic rings. The average molecular weight is 414 g/mol. The van der Waals surface area contributed by atoms with Crippen molar-refractivity contribution in [2.24, 2.45) is 0 Å².